The van der Waals surface area contributed by atoms with Crippen molar-refractivity contribution in [2.45, 2.75) is 39.5 Å². The Hall–Kier alpha value is -6.00. The quantitative estimate of drug-likeness (QED) is 0.133. The van der Waals surface area contributed by atoms with Crippen LogP contribution >= 0.6 is 0 Å². The maximum atomic E-state index is 3.98. The zero-order chi connectivity index (χ0) is 34.5. The average Bonchev–Trinajstić information content (AvgIpc) is 3.82. The Kier molecular flexibility index (Phi) is 6.43. The van der Waals surface area contributed by atoms with Crippen molar-refractivity contribution >= 4 is 89.5 Å². The second-order valence-corrected chi connectivity index (χ2v) is 14.8. The lowest BCUT2D eigenvalue weighted by atomic mass is 9.58. The first kappa shape index (κ1) is 29.7. The summed E-state index contributed by atoms with van der Waals surface area (Å²) in [6, 6.07) is 50.1. The van der Waals surface area contributed by atoms with E-state index < -0.39 is 0 Å². The summed E-state index contributed by atoms with van der Waals surface area (Å²) in [5, 5.41) is 11.9. The number of aromatic nitrogens is 2. The van der Waals surface area contributed by atoms with Crippen LogP contribution in [0.4, 0.5) is 11.4 Å². The number of rotatable bonds is 7. The Morgan fingerprint density at radius 2 is 1.31 bits per heavy atom. The summed E-state index contributed by atoms with van der Waals surface area (Å²) in [5.74, 6) is 0. The van der Waals surface area contributed by atoms with Gasteiger partial charge in [-0.25, -0.2) is 0 Å². The average molecular weight is 668 g/mol. The van der Waals surface area contributed by atoms with Crippen molar-refractivity contribution in [3.63, 3.8) is 0 Å². The van der Waals surface area contributed by atoms with Crippen molar-refractivity contribution in [3.05, 3.63) is 145 Å². The van der Waals surface area contributed by atoms with Crippen molar-refractivity contribution in [3.8, 4) is 16.8 Å². The summed E-state index contributed by atoms with van der Waals surface area (Å²) in [5.41, 5.74) is 18.2. The van der Waals surface area contributed by atoms with Crippen LogP contribution in [0, 0.1) is 6.92 Å². The lowest BCUT2D eigenvalue weighted by molar-refractivity contribution is 0.717. The first-order valence-corrected chi connectivity index (χ1v) is 18.9. The Labute approximate surface area is 303 Å². The van der Waals surface area contributed by atoms with E-state index >= 15 is 0 Å². The molecule has 1 N–H and O–H groups in total. The van der Waals surface area contributed by atoms with Gasteiger partial charge in [-0.1, -0.05) is 122 Å². The highest BCUT2D eigenvalue weighted by molar-refractivity contribution is 6.73. The fraction of sp³-hybridized carbons (Fsp3) is 0.125. The molecule has 3 aromatic heterocycles. The second-order valence-electron chi connectivity index (χ2n) is 14.8. The number of para-hydroxylation sites is 5. The molecule has 0 atom stereocenters. The molecule has 7 aromatic carbocycles. The maximum absolute atomic E-state index is 3.98. The standard InChI is InChI=1S/C48H38BN3/c1-3-4-5-15-30-27-36(46-43(28-30)52-41-24-11-8-17-32(41)34-19-13-21-37(49-46)48(34)52)44-39(50-38-22-9-6-14-29(38)2)25-26-42-45(44)35-20-12-18-33-31-16-7-10-23-40(31)51(42)47(33)35/h6-14,16-28,49-50H,3-5,15H2,1-2H3. The molecule has 0 saturated heterocycles. The lowest BCUT2D eigenvalue weighted by Gasteiger charge is -2.26. The number of hydrogen-bond donors (Lipinski definition) is 1. The van der Waals surface area contributed by atoms with Crippen LogP contribution in [0.2, 0.25) is 0 Å². The van der Waals surface area contributed by atoms with Gasteiger partial charge in [0.1, 0.15) is 0 Å². The molecule has 4 heterocycles. The van der Waals surface area contributed by atoms with Crippen LogP contribution in [0.3, 0.4) is 0 Å². The van der Waals surface area contributed by atoms with Crippen LogP contribution < -0.4 is 16.2 Å². The van der Waals surface area contributed by atoms with Gasteiger partial charge in [-0.05, 0) is 78.3 Å². The summed E-state index contributed by atoms with van der Waals surface area (Å²) in [4.78, 5) is 0. The Morgan fingerprint density at radius 3 is 2.15 bits per heavy atom. The molecule has 0 radical (unpaired) electrons. The largest absolute Gasteiger partial charge is 0.355 e. The number of nitrogens with one attached hydrogen (secondary N) is 1. The number of fused-ring (bicyclic) bond motifs is 11. The van der Waals surface area contributed by atoms with E-state index in [1.54, 1.807) is 0 Å². The monoisotopic (exact) mass is 667 g/mol. The molecular weight excluding hydrogens is 629 g/mol. The predicted molar refractivity (Wildman–Crippen MR) is 225 cm³/mol. The fourth-order valence-corrected chi connectivity index (χ4v) is 9.48. The molecule has 4 heteroatoms. The molecule has 1 aliphatic heterocycles. The number of anilines is 2. The van der Waals surface area contributed by atoms with Gasteiger partial charge >= 0.3 is 0 Å². The molecule has 0 saturated carbocycles. The highest BCUT2D eigenvalue weighted by Gasteiger charge is 2.29. The minimum absolute atomic E-state index is 0.889. The second kappa shape index (κ2) is 11.3. The normalized spacial score (nSPS) is 12.5. The van der Waals surface area contributed by atoms with Crippen LogP contribution in [0.15, 0.2) is 133 Å². The third-order valence-corrected chi connectivity index (χ3v) is 11.8. The summed E-state index contributed by atoms with van der Waals surface area (Å²) in [6.45, 7) is 4.50. The number of unbranched alkanes of at least 4 members (excludes halogenated alkanes) is 2. The van der Waals surface area contributed by atoms with Crippen molar-refractivity contribution in [2.75, 3.05) is 5.32 Å². The molecule has 3 nitrogen and oxygen atoms in total. The van der Waals surface area contributed by atoms with E-state index in [2.05, 4.69) is 162 Å². The summed E-state index contributed by atoms with van der Waals surface area (Å²) in [7, 11) is 0.889. The van der Waals surface area contributed by atoms with Gasteiger partial charge in [-0.2, -0.15) is 0 Å². The van der Waals surface area contributed by atoms with E-state index in [0.29, 0.717) is 0 Å². The first-order chi connectivity index (χ1) is 25.7. The van der Waals surface area contributed by atoms with E-state index in [4.69, 9.17) is 0 Å². The third kappa shape index (κ3) is 4.09. The van der Waals surface area contributed by atoms with E-state index in [1.165, 1.54) is 118 Å². The lowest BCUT2D eigenvalue weighted by Crippen LogP contribution is -2.37. The first-order valence-electron chi connectivity index (χ1n) is 18.9. The predicted octanol–water partition coefficient (Wildman–Crippen LogP) is 11.1. The molecule has 10 aromatic rings. The Balaban J connectivity index is 1.29. The zero-order valence-corrected chi connectivity index (χ0v) is 29.6. The van der Waals surface area contributed by atoms with Crippen LogP contribution in [0.25, 0.3) is 76.7 Å². The van der Waals surface area contributed by atoms with Gasteiger partial charge in [-0.15, -0.1) is 0 Å². The van der Waals surface area contributed by atoms with Gasteiger partial charge in [0.05, 0.1) is 22.1 Å². The van der Waals surface area contributed by atoms with Gasteiger partial charge in [0.15, 0.2) is 7.28 Å². The topological polar surface area (TPSA) is 21.4 Å². The van der Waals surface area contributed by atoms with Gasteiger partial charge in [0, 0.05) is 60.5 Å². The number of aryl methyl sites for hydroxylation is 2. The van der Waals surface area contributed by atoms with Gasteiger partial charge in [0.2, 0.25) is 0 Å². The number of hydrogen-bond acceptors (Lipinski definition) is 1. The highest BCUT2D eigenvalue weighted by Crippen LogP contribution is 2.46. The molecule has 248 valence electrons. The van der Waals surface area contributed by atoms with E-state index in [-0.39, 0.29) is 0 Å². The van der Waals surface area contributed by atoms with Crippen LogP contribution in [-0.4, -0.2) is 16.2 Å². The van der Waals surface area contributed by atoms with Crippen LogP contribution in [0.1, 0.15) is 37.3 Å². The molecule has 0 unspecified atom stereocenters. The summed E-state index contributed by atoms with van der Waals surface area (Å²) < 4.78 is 5.10. The highest BCUT2D eigenvalue weighted by atomic mass is 15.0. The minimum atomic E-state index is 0.889. The van der Waals surface area contributed by atoms with Crippen molar-refractivity contribution in [1.29, 1.82) is 0 Å². The summed E-state index contributed by atoms with van der Waals surface area (Å²) in [6.07, 6.45) is 4.69. The van der Waals surface area contributed by atoms with Crippen molar-refractivity contribution in [2.24, 2.45) is 0 Å². The fourth-order valence-electron chi connectivity index (χ4n) is 9.48. The maximum Gasteiger partial charge on any atom is 0.198 e. The van der Waals surface area contributed by atoms with Crippen LogP contribution in [-0.2, 0) is 6.42 Å². The Morgan fingerprint density at radius 1 is 0.596 bits per heavy atom. The molecule has 0 aliphatic carbocycles. The molecule has 0 spiro atoms. The summed E-state index contributed by atoms with van der Waals surface area (Å²) >= 11 is 0. The SMILES string of the molecule is CCCCCc1cc(-c2c(Nc3ccccc3C)ccc3c2c2cccc4c5ccccc5n3c42)c2c(c1)-n1c3ccccc3c3cccc(c31)B2. The molecule has 0 amide bonds. The molecular formula is C48H38BN3. The van der Waals surface area contributed by atoms with E-state index in [0.717, 1.165) is 25.1 Å². The van der Waals surface area contributed by atoms with Gasteiger partial charge in [0.25, 0.3) is 0 Å². The minimum Gasteiger partial charge on any atom is -0.355 e. The number of benzene rings is 7. The zero-order valence-electron chi connectivity index (χ0n) is 29.6. The Bertz CT molecular complexity index is 3050. The molecule has 52 heavy (non-hydrogen) atoms. The molecule has 11 rings (SSSR count). The van der Waals surface area contributed by atoms with Gasteiger partial charge in [-0.3, -0.25) is 0 Å². The number of nitrogens with zero attached hydrogens (tertiary/aromatic N) is 2. The van der Waals surface area contributed by atoms with Gasteiger partial charge < -0.3 is 14.3 Å². The molecule has 0 bridgehead atoms. The molecule has 1 aliphatic rings. The van der Waals surface area contributed by atoms with E-state index in [1.807, 2.05) is 0 Å². The van der Waals surface area contributed by atoms with Crippen LogP contribution in [0.5, 0.6) is 0 Å². The smallest absolute Gasteiger partial charge is 0.198 e. The molecule has 0 fully saturated rings. The van der Waals surface area contributed by atoms with Crippen molar-refractivity contribution < 1.29 is 0 Å². The van der Waals surface area contributed by atoms with E-state index in [9.17, 15) is 0 Å². The third-order valence-electron chi connectivity index (χ3n) is 11.8. The van der Waals surface area contributed by atoms with Crippen molar-refractivity contribution in [1.82, 2.24) is 8.97 Å².